The summed E-state index contributed by atoms with van der Waals surface area (Å²) < 4.78 is 18.6. The lowest BCUT2D eigenvalue weighted by Crippen LogP contribution is -2.43. The number of carbonyl (C=O) groups excluding carboxylic acids is 1. The number of halogens is 1. The van der Waals surface area contributed by atoms with Crippen LogP contribution in [-0.4, -0.2) is 43.7 Å². The van der Waals surface area contributed by atoms with Gasteiger partial charge in [-0.1, -0.05) is 18.2 Å². The van der Waals surface area contributed by atoms with E-state index >= 15 is 0 Å². The molecule has 0 radical (unpaired) electrons. The van der Waals surface area contributed by atoms with Gasteiger partial charge < -0.3 is 10.1 Å². The zero-order valence-corrected chi connectivity index (χ0v) is 14.7. The standard InChI is InChI=1S/C19H21FN2O2S/c20-16-5-3-15(4-6-16)18(22-9-11-24-12-10-22)14-21-19(23)8-7-17-2-1-13-25-17/h1-8,13,18H,9-12,14H2,(H,21,23). The Morgan fingerprint density at radius 3 is 2.72 bits per heavy atom. The van der Waals surface area contributed by atoms with Crippen LogP contribution in [0.5, 0.6) is 0 Å². The molecule has 1 unspecified atom stereocenters. The van der Waals surface area contributed by atoms with E-state index in [-0.39, 0.29) is 17.8 Å². The van der Waals surface area contributed by atoms with Gasteiger partial charge in [-0.25, -0.2) is 4.39 Å². The highest BCUT2D eigenvalue weighted by molar-refractivity contribution is 7.10. The van der Waals surface area contributed by atoms with E-state index in [4.69, 9.17) is 4.74 Å². The maximum absolute atomic E-state index is 13.2. The summed E-state index contributed by atoms with van der Waals surface area (Å²) in [5.74, 6) is -0.388. The minimum Gasteiger partial charge on any atom is -0.379 e. The van der Waals surface area contributed by atoms with Crippen LogP contribution in [0, 0.1) is 5.82 Å². The van der Waals surface area contributed by atoms with E-state index in [9.17, 15) is 9.18 Å². The van der Waals surface area contributed by atoms with Gasteiger partial charge in [0.15, 0.2) is 0 Å². The van der Waals surface area contributed by atoms with E-state index in [2.05, 4.69) is 10.2 Å². The molecular weight excluding hydrogens is 339 g/mol. The number of thiophene rings is 1. The predicted molar refractivity (Wildman–Crippen MR) is 97.9 cm³/mol. The third-order valence-corrected chi connectivity index (χ3v) is 4.99. The fourth-order valence-electron chi connectivity index (χ4n) is 2.83. The van der Waals surface area contributed by atoms with Crippen molar-refractivity contribution in [3.63, 3.8) is 0 Å². The second-order valence-corrected chi connectivity index (χ2v) is 6.79. The molecule has 0 spiro atoms. The smallest absolute Gasteiger partial charge is 0.244 e. The monoisotopic (exact) mass is 360 g/mol. The van der Waals surface area contributed by atoms with Crippen molar-refractivity contribution < 1.29 is 13.9 Å². The summed E-state index contributed by atoms with van der Waals surface area (Å²) in [7, 11) is 0. The molecule has 1 aliphatic rings. The average molecular weight is 360 g/mol. The number of morpholine rings is 1. The van der Waals surface area contributed by atoms with Crippen molar-refractivity contribution in [3.8, 4) is 0 Å². The summed E-state index contributed by atoms with van der Waals surface area (Å²) in [6.45, 7) is 3.40. The lowest BCUT2D eigenvalue weighted by molar-refractivity contribution is -0.116. The Labute approximate surface area is 150 Å². The Hall–Kier alpha value is -2.02. The van der Waals surface area contributed by atoms with Gasteiger partial charge in [0.1, 0.15) is 5.82 Å². The lowest BCUT2D eigenvalue weighted by atomic mass is 10.0. The maximum Gasteiger partial charge on any atom is 0.244 e. The molecule has 3 rings (SSSR count). The molecule has 4 nitrogen and oxygen atoms in total. The van der Waals surface area contributed by atoms with Crippen molar-refractivity contribution in [2.45, 2.75) is 6.04 Å². The van der Waals surface area contributed by atoms with Crippen LogP contribution in [0.25, 0.3) is 6.08 Å². The first-order chi connectivity index (χ1) is 12.2. The number of benzene rings is 1. The topological polar surface area (TPSA) is 41.6 Å². The summed E-state index contributed by atoms with van der Waals surface area (Å²) in [6.07, 6.45) is 3.36. The van der Waals surface area contributed by atoms with Crippen LogP contribution in [0.1, 0.15) is 16.5 Å². The van der Waals surface area contributed by atoms with E-state index < -0.39 is 0 Å². The Balaban J connectivity index is 1.64. The van der Waals surface area contributed by atoms with E-state index in [0.29, 0.717) is 19.8 Å². The molecule has 132 valence electrons. The van der Waals surface area contributed by atoms with Crippen LogP contribution in [0.2, 0.25) is 0 Å². The van der Waals surface area contributed by atoms with Gasteiger partial charge in [0, 0.05) is 30.6 Å². The summed E-state index contributed by atoms with van der Waals surface area (Å²) in [6, 6.07) is 10.4. The van der Waals surface area contributed by atoms with Crippen molar-refractivity contribution >= 4 is 23.3 Å². The second-order valence-electron chi connectivity index (χ2n) is 5.81. The van der Waals surface area contributed by atoms with Crippen LogP contribution in [0.4, 0.5) is 4.39 Å². The summed E-state index contributed by atoms with van der Waals surface area (Å²) in [4.78, 5) is 15.4. The Morgan fingerprint density at radius 1 is 1.28 bits per heavy atom. The first-order valence-electron chi connectivity index (χ1n) is 8.29. The highest BCUT2D eigenvalue weighted by Crippen LogP contribution is 2.21. The number of hydrogen-bond acceptors (Lipinski definition) is 4. The fraction of sp³-hybridized carbons (Fsp3) is 0.316. The van der Waals surface area contributed by atoms with Crippen LogP contribution in [-0.2, 0) is 9.53 Å². The van der Waals surface area contributed by atoms with Crippen molar-refractivity contribution in [2.24, 2.45) is 0 Å². The number of ether oxygens (including phenoxy) is 1. The van der Waals surface area contributed by atoms with Crippen molar-refractivity contribution in [1.29, 1.82) is 0 Å². The predicted octanol–water partition coefficient (Wildman–Crippen LogP) is 3.09. The Kier molecular flexibility index (Phi) is 6.33. The number of carbonyl (C=O) groups is 1. The fourth-order valence-corrected chi connectivity index (χ4v) is 3.45. The quantitative estimate of drug-likeness (QED) is 0.805. The molecule has 1 fully saturated rings. The molecule has 25 heavy (non-hydrogen) atoms. The molecule has 0 bridgehead atoms. The van der Waals surface area contributed by atoms with Crippen molar-refractivity contribution in [3.05, 3.63) is 64.1 Å². The molecule has 1 saturated heterocycles. The molecule has 1 aromatic carbocycles. The molecule has 1 amide bonds. The highest BCUT2D eigenvalue weighted by Gasteiger charge is 2.23. The van der Waals surface area contributed by atoms with Gasteiger partial charge in [0.25, 0.3) is 0 Å². The molecular formula is C19H21FN2O2S. The average Bonchev–Trinajstić information content (AvgIpc) is 3.16. The van der Waals surface area contributed by atoms with Crippen molar-refractivity contribution in [1.82, 2.24) is 10.2 Å². The Bertz CT molecular complexity index is 695. The van der Waals surface area contributed by atoms with Gasteiger partial charge in [-0.05, 0) is 35.2 Å². The zero-order valence-electron chi connectivity index (χ0n) is 13.9. The molecule has 1 aromatic heterocycles. The third kappa shape index (κ3) is 5.22. The van der Waals surface area contributed by atoms with Crippen LogP contribution in [0.3, 0.4) is 0 Å². The molecule has 1 aliphatic heterocycles. The minimum absolute atomic E-state index is 0.00332. The molecule has 0 aliphatic carbocycles. The van der Waals surface area contributed by atoms with E-state index in [1.54, 1.807) is 29.5 Å². The van der Waals surface area contributed by atoms with Gasteiger partial charge >= 0.3 is 0 Å². The summed E-state index contributed by atoms with van der Waals surface area (Å²) >= 11 is 1.59. The SMILES string of the molecule is O=C(C=Cc1cccs1)NCC(c1ccc(F)cc1)N1CCOCC1. The van der Waals surface area contributed by atoms with Crippen LogP contribution in [0.15, 0.2) is 47.9 Å². The van der Waals surface area contributed by atoms with Crippen molar-refractivity contribution in [2.75, 3.05) is 32.8 Å². The van der Waals surface area contributed by atoms with E-state index in [0.717, 1.165) is 23.5 Å². The third-order valence-electron chi connectivity index (χ3n) is 4.15. The number of amides is 1. The molecule has 1 atom stereocenters. The number of nitrogens with zero attached hydrogens (tertiary/aromatic N) is 1. The molecule has 6 heteroatoms. The summed E-state index contributed by atoms with van der Waals surface area (Å²) in [5.41, 5.74) is 0.992. The zero-order chi connectivity index (χ0) is 17.5. The normalized spacial score (nSPS) is 16.8. The van der Waals surface area contributed by atoms with Gasteiger partial charge in [0.2, 0.25) is 5.91 Å². The summed E-state index contributed by atoms with van der Waals surface area (Å²) in [5, 5.41) is 4.93. The first kappa shape index (κ1) is 17.8. The second kappa shape index (κ2) is 8.89. The highest BCUT2D eigenvalue weighted by atomic mass is 32.1. The number of rotatable bonds is 6. The lowest BCUT2D eigenvalue weighted by Gasteiger charge is -2.34. The van der Waals surface area contributed by atoms with E-state index in [1.807, 2.05) is 23.6 Å². The number of hydrogen-bond donors (Lipinski definition) is 1. The minimum atomic E-state index is -0.257. The number of nitrogens with one attached hydrogen (secondary N) is 1. The molecule has 2 aromatic rings. The van der Waals surface area contributed by atoms with Gasteiger partial charge in [-0.15, -0.1) is 11.3 Å². The molecule has 0 saturated carbocycles. The molecule has 2 heterocycles. The largest absolute Gasteiger partial charge is 0.379 e. The van der Waals surface area contributed by atoms with Gasteiger partial charge in [0.05, 0.1) is 19.3 Å². The van der Waals surface area contributed by atoms with Crippen LogP contribution >= 0.6 is 11.3 Å². The Morgan fingerprint density at radius 2 is 2.04 bits per heavy atom. The van der Waals surface area contributed by atoms with E-state index in [1.165, 1.54) is 12.1 Å². The maximum atomic E-state index is 13.2. The molecule has 1 N–H and O–H groups in total. The van der Waals surface area contributed by atoms with Crippen LogP contribution < -0.4 is 5.32 Å². The van der Waals surface area contributed by atoms with Gasteiger partial charge in [-0.2, -0.15) is 0 Å². The first-order valence-corrected chi connectivity index (χ1v) is 9.17. The van der Waals surface area contributed by atoms with Gasteiger partial charge in [-0.3, -0.25) is 9.69 Å².